The fourth-order valence-electron chi connectivity index (χ4n) is 1.81. The van der Waals surface area contributed by atoms with Crippen molar-refractivity contribution in [3.63, 3.8) is 0 Å². The van der Waals surface area contributed by atoms with Crippen molar-refractivity contribution in [1.82, 2.24) is 10.3 Å². The van der Waals surface area contributed by atoms with Crippen LogP contribution in [0.3, 0.4) is 0 Å². The lowest BCUT2D eigenvalue weighted by Gasteiger charge is -1.97. The van der Waals surface area contributed by atoms with Crippen LogP contribution in [0.15, 0.2) is 39.0 Å². The fraction of sp³-hybridized carbons (Fsp3) is 0.0833. The molecule has 2 heterocycles. The molecule has 3 rings (SSSR count). The lowest BCUT2D eigenvalue weighted by molar-refractivity contribution is -0.660. The molecule has 0 radical (unpaired) electrons. The Morgan fingerprint density at radius 1 is 1.35 bits per heavy atom. The molecule has 3 aromatic rings. The number of ether oxygens (including phenoxy) is 1. The molecule has 0 unspecified atom stereocenters. The van der Waals surface area contributed by atoms with E-state index in [1.54, 1.807) is 29.3 Å². The summed E-state index contributed by atoms with van der Waals surface area (Å²) in [6.45, 7) is 0. The molecule has 0 atom stereocenters. The van der Waals surface area contributed by atoms with Gasteiger partial charge in [0.2, 0.25) is 5.69 Å². The Balaban J connectivity index is 2.15. The molecule has 0 bridgehead atoms. The molecule has 0 fully saturated rings. The monoisotopic (exact) mass is 308 g/mol. The van der Waals surface area contributed by atoms with E-state index in [1.165, 1.54) is 11.3 Å². The maximum atomic E-state index is 11.9. The quantitative estimate of drug-likeness (QED) is 0.573. The Bertz CT molecular complexity index is 842. The summed E-state index contributed by atoms with van der Waals surface area (Å²) in [5.74, 6) is 0.733. The van der Waals surface area contributed by atoms with Crippen molar-refractivity contribution in [1.29, 1.82) is 0 Å². The molecule has 2 aromatic heterocycles. The van der Waals surface area contributed by atoms with E-state index in [4.69, 9.17) is 21.5 Å². The molecule has 1 aromatic carbocycles. The van der Waals surface area contributed by atoms with Crippen LogP contribution in [0.4, 0.5) is 0 Å². The number of methoxy groups -OCH3 is 1. The number of hydrogen-bond donors (Lipinski definition) is 2. The summed E-state index contributed by atoms with van der Waals surface area (Å²) in [5, 5.41) is 4.35. The van der Waals surface area contributed by atoms with Crippen LogP contribution in [-0.4, -0.2) is 17.4 Å². The topological polar surface area (TPSA) is 74.9 Å². The van der Waals surface area contributed by atoms with Crippen LogP contribution in [0, 0.1) is 3.95 Å². The van der Waals surface area contributed by atoms with Crippen molar-refractivity contribution >= 4 is 23.6 Å². The van der Waals surface area contributed by atoms with E-state index in [9.17, 15) is 4.79 Å². The van der Waals surface area contributed by atoms with Crippen LogP contribution in [-0.2, 0) is 0 Å². The number of nitrogens with zero attached hydrogens (tertiary/aromatic N) is 1. The SMILES string of the molecule is COc1ccc(-[n+]2[nH]oc(=O)c2-c2csc(=S)[nH]2)cc1. The highest BCUT2D eigenvalue weighted by Gasteiger charge is 2.26. The van der Waals surface area contributed by atoms with Crippen molar-refractivity contribution in [2.75, 3.05) is 7.11 Å². The van der Waals surface area contributed by atoms with Gasteiger partial charge in [0.25, 0.3) is 0 Å². The van der Waals surface area contributed by atoms with E-state index in [2.05, 4.69) is 10.3 Å². The van der Waals surface area contributed by atoms with E-state index in [0.717, 1.165) is 11.4 Å². The van der Waals surface area contributed by atoms with Gasteiger partial charge in [-0.1, -0.05) is 0 Å². The van der Waals surface area contributed by atoms with Gasteiger partial charge >= 0.3 is 11.3 Å². The minimum absolute atomic E-state index is 0.363. The van der Waals surface area contributed by atoms with Crippen LogP contribution >= 0.6 is 23.6 Å². The van der Waals surface area contributed by atoms with Crippen molar-refractivity contribution in [3.8, 4) is 22.8 Å². The highest BCUT2D eigenvalue weighted by molar-refractivity contribution is 7.73. The van der Waals surface area contributed by atoms with E-state index >= 15 is 0 Å². The standard InChI is InChI=1S/C12H9N3O3S2/c1-17-8-4-2-7(3-5-8)15-10(11(16)18-14-15)9-6-20-12(19)13-9/h2-6H,1H3,(H-,13,14,16,19)/p+1. The number of benzene rings is 1. The minimum atomic E-state index is -0.468. The second-order valence-corrected chi connectivity index (χ2v) is 5.47. The van der Waals surface area contributed by atoms with E-state index < -0.39 is 5.63 Å². The van der Waals surface area contributed by atoms with Crippen molar-refractivity contribution in [3.05, 3.63) is 44.0 Å². The van der Waals surface area contributed by atoms with Gasteiger partial charge in [-0.2, -0.15) is 0 Å². The molecule has 102 valence electrons. The lowest BCUT2D eigenvalue weighted by atomic mass is 10.3. The Morgan fingerprint density at radius 3 is 2.70 bits per heavy atom. The van der Waals surface area contributed by atoms with E-state index in [0.29, 0.717) is 15.3 Å². The summed E-state index contributed by atoms with van der Waals surface area (Å²) < 4.78 is 12.1. The smallest absolute Gasteiger partial charge is 0.437 e. The first-order valence-corrected chi connectivity index (χ1v) is 6.94. The number of nitrogens with one attached hydrogen (secondary N) is 2. The Hall–Kier alpha value is -2.19. The third-order valence-electron chi connectivity index (χ3n) is 2.75. The van der Waals surface area contributed by atoms with Gasteiger partial charge in [-0.15, -0.1) is 11.3 Å². The largest absolute Gasteiger partial charge is 0.497 e. The van der Waals surface area contributed by atoms with E-state index in [-0.39, 0.29) is 0 Å². The Kier molecular flexibility index (Phi) is 3.25. The molecule has 0 amide bonds. The Labute approximate surface area is 122 Å². The van der Waals surface area contributed by atoms with Crippen LogP contribution in [0.5, 0.6) is 5.75 Å². The summed E-state index contributed by atoms with van der Waals surface area (Å²) in [6.07, 6.45) is 0. The van der Waals surface area contributed by atoms with Gasteiger partial charge in [0, 0.05) is 17.5 Å². The first-order chi connectivity index (χ1) is 9.69. The third kappa shape index (κ3) is 2.19. The summed E-state index contributed by atoms with van der Waals surface area (Å²) in [6, 6.07) is 7.23. The molecular weight excluding hydrogens is 298 g/mol. The second-order valence-electron chi connectivity index (χ2n) is 3.92. The number of thiazole rings is 1. The van der Waals surface area contributed by atoms with E-state index in [1.807, 2.05) is 12.1 Å². The molecule has 0 aliphatic rings. The van der Waals surface area contributed by atoms with Crippen LogP contribution in [0.2, 0.25) is 0 Å². The number of aromatic amines is 2. The van der Waals surface area contributed by atoms with Gasteiger partial charge in [0.15, 0.2) is 3.95 Å². The summed E-state index contributed by atoms with van der Waals surface area (Å²) in [7, 11) is 1.60. The zero-order chi connectivity index (χ0) is 14.1. The lowest BCUT2D eigenvalue weighted by Crippen LogP contribution is -2.36. The number of hydrogen-bond acceptors (Lipinski definition) is 5. The van der Waals surface area contributed by atoms with Crippen LogP contribution in [0.1, 0.15) is 0 Å². The predicted molar refractivity (Wildman–Crippen MR) is 75.9 cm³/mol. The van der Waals surface area contributed by atoms with Gasteiger partial charge in [0.1, 0.15) is 11.4 Å². The highest BCUT2D eigenvalue weighted by Crippen LogP contribution is 2.16. The zero-order valence-corrected chi connectivity index (χ0v) is 12.0. The second kappa shape index (κ2) is 5.06. The summed E-state index contributed by atoms with van der Waals surface area (Å²) in [4.78, 5) is 14.8. The number of aromatic nitrogens is 3. The molecule has 0 spiro atoms. The molecule has 0 saturated carbocycles. The predicted octanol–water partition coefficient (Wildman–Crippen LogP) is 2.04. The first-order valence-electron chi connectivity index (χ1n) is 5.65. The maximum absolute atomic E-state index is 11.9. The molecular formula is C12H10N3O3S2+. The summed E-state index contributed by atoms with van der Waals surface area (Å²) in [5.41, 5.74) is 1.26. The first kappa shape index (κ1) is 12.8. The maximum Gasteiger partial charge on any atom is 0.437 e. The number of H-pyrrole nitrogens is 2. The molecule has 6 nitrogen and oxygen atoms in total. The van der Waals surface area contributed by atoms with Gasteiger partial charge in [-0.3, -0.25) is 4.52 Å². The average molecular weight is 308 g/mol. The zero-order valence-electron chi connectivity index (χ0n) is 10.4. The van der Waals surface area contributed by atoms with Crippen molar-refractivity contribution < 1.29 is 13.9 Å². The van der Waals surface area contributed by atoms with Gasteiger partial charge in [-0.05, 0) is 34.3 Å². The molecule has 8 heteroatoms. The van der Waals surface area contributed by atoms with Crippen molar-refractivity contribution in [2.45, 2.75) is 0 Å². The molecule has 0 aliphatic carbocycles. The molecule has 2 N–H and O–H groups in total. The fourth-order valence-corrected chi connectivity index (χ4v) is 2.63. The molecule has 20 heavy (non-hydrogen) atoms. The normalized spacial score (nSPS) is 10.7. The van der Waals surface area contributed by atoms with Gasteiger partial charge < -0.3 is 9.72 Å². The van der Waals surface area contributed by atoms with Crippen molar-refractivity contribution in [2.24, 2.45) is 0 Å². The average Bonchev–Trinajstić information content (AvgIpc) is 3.05. The van der Waals surface area contributed by atoms with Gasteiger partial charge in [0.05, 0.1) is 7.11 Å². The highest BCUT2D eigenvalue weighted by atomic mass is 32.1. The number of rotatable bonds is 3. The summed E-state index contributed by atoms with van der Waals surface area (Å²) >= 11 is 6.39. The third-order valence-corrected chi connectivity index (χ3v) is 3.81. The molecule has 0 aliphatic heterocycles. The van der Waals surface area contributed by atoms with Crippen LogP contribution < -0.4 is 15.0 Å². The Morgan fingerprint density at radius 2 is 2.10 bits per heavy atom. The minimum Gasteiger partial charge on any atom is -0.497 e. The van der Waals surface area contributed by atoms with Crippen LogP contribution in [0.25, 0.3) is 17.1 Å². The molecule has 0 saturated heterocycles. The van der Waals surface area contributed by atoms with Gasteiger partial charge in [-0.25, -0.2) is 4.79 Å².